The normalized spacial score (nSPS) is 18.0. The van der Waals surface area contributed by atoms with Crippen LogP contribution in [-0.2, 0) is 13.0 Å². The Morgan fingerprint density at radius 1 is 1.30 bits per heavy atom. The van der Waals surface area contributed by atoms with Gasteiger partial charge < -0.3 is 9.73 Å². The fourth-order valence-electron chi connectivity index (χ4n) is 1.25. The molecule has 54 valence electrons. The second-order valence-electron chi connectivity index (χ2n) is 2.65. The minimum Gasteiger partial charge on any atom is -0.465 e. The molecule has 1 aliphatic rings. The molecule has 0 aliphatic carbocycles. The zero-order valence-corrected chi connectivity index (χ0v) is 5.89. The molecular formula is C8H11NO. The molecule has 10 heavy (non-hydrogen) atoms. The molecule has 0 atom stereocenters. The van der Waals surface area contributed by atoms with Crippen LogP contribution < -0.4 is 5.32 Å². The van der Waals surface area contributed by atoms with Gasteiger partial charge in [0.05, 0.1) is 6.54 Å². The Hall–Kier alpha value is -0.760. The Morgan fingerprint density at radius 2 is 2.20 bits per heavy atom. The second kappa shape index (κ2) is 2.46. The van der Waals surface area contributed by atoms with E-state index < -0.39 is 0 Å². The summed E-state index contributed by atoms with van der Waals surface area (Å²) in [5.41, 5.74) is 0. The molecule has 0 spiro atoms. The molecule has 0 saturated carbocycles. The van der Waals surface area contributed by atoms with E-state index in [4.69, 9.17) is 4.42 Å². The van der Waals surface area contributed by atoms with E-state index in [2.05, 4.69) is 11.4 Å². The zero-order valence-electron chi connectivity index (χ0n) is 5.89. The van der Waals surface area contributed by atoms with Gasteiger partial charge >= 0.3 is 0 Å². The Labute approximate surface area is 60.2 Å². The van der Waals surface area contributed by atoms with Crippen molar-refractivity contribution < 1.29 is 4.42 Å². The van der Waals surface area contributed by atoms with Crippen LogP contribution in [0.3, 0.4) is 0 Å². The molecule has 1 aromatic rings. The summed E-state index contributed by atoms with van der Waals surface area (Å²) in [6.45, 7) is 2.00. The monoisotopic (exact) mass is 137 g/mol. The van der Waals surface area contributed by atoms with Crippen LogP contribution >= 0.6 is 0 Å². The van der Waals surface area contributed by atoms with Gasteiger partial charge in [-0.3, -0.25) is 0 Å². The van der Waals surface area contributed by atoms with E-state index in [1.165, 1.54) is 6.42 Å². The molecule has 0 aromatic carbocycles. The Bertz CT molecular complexity index is 196. The van der Waals surface area contributed by atoms with Crippen LogP contribution in [0.15, 0.2) is 16.5 Å². The zero-order chi connectivity index (χ0) is 6.81. The van der Waals surface area contributed by atoms with E-state index in [-0.39, 0.29) is 0 Å². The van der Waals surface area contributed by atoms with E-state index in [0.717, 1.165) is 31.0 Å². The average molecular weight is 137 g/mol. The van der Waals surface area contributed by atoms with Crippen molar-refractivity contribution in [3.8, 4) is 0 Å². The van der Waals surface area contributed by atoms with Gasteiger partial charge in [-0.2, -0.15) is 0 Å². The van der Waals surface area contributed by atoms with Gasteiger partial charge in [-0.25, -0.2) is 0 Å². The lowest BCUT2D eigenvalue weighted by Gasteiger charge is -2.04. The molecule has 0 fully saturated rings. The summed E-state index contributed by atoms with van der Waals surface area (Å²) in [4.78, 5) is 0. The Balaban J connectivity index is 2.25. The highest BCUT2D eigenvalue weighted by molar-refractivity contribution is 5.07. The third kappa shape index (κ3) is 1.07. The third-order valence-corrected chi connectivity index (χ3v) is 1.79. The third-order valence-electron chi connectivity index (χ3n) is 1.79. The molecule has 2 rings (SSSR count). The van der Waals surface area contributed by atoms with Gasteiger partial charge in [-0.15, -0.1) is 0 Å². The SMILES string of the molecule is c1cc2oc1CCCNC2. The second-order valence-corrected chi connectivity index (χ2v) is 2.65. The van der Waals surface area contributed by atoms with E-state index in [0.29, 0.717) is 0 Å². The molecular weight excluding hydrogens is 126 g/mol. The Morgan fingerprint density at radius 3 is 3.20 bits per heavy atom. The highest BCUT2D eigenvalue weighted by atomic mass is 16.3. The molecule has 0 saturated heterocycles. The number of hydrogen-bond acceptors (Lipinski definition) is 2. The molecule has 1 aromatic heterocycles. The smallest absolute Gasteiger partial charge is 0.117 e. The first-order valence-electron chi connectivity index (χ1n) is 3.73. The summed E-state index contributed by atoms with van der Waals surface area (Å²) in [5.74, 6) is 2.20. The lowest BCUT2D eigenvalue weighted by molar-refractivity contribution is 0.419. The number of aryl methyl sites for hydroxylation is 1. The molecule has 0 radical (unpaired) electrons. The predicted molar refractivity (Wildman–Crippen MR) is 38.7 cm³/mol. The van der Waals surface area contributed by atoms with Crippen molar-refractivity contribution >= 4 is 0 Å². The molecule has 2 bridgehead atoms. The van der Waals surface area contributed by atoms with E-state index in [9.17, 15) is 0 Å². The maximum Gasteiger partial charge on any atom is 0.117 e. The fraction of sp³-hybridized carbons (Fsp3) is 0.500. The summed E-state index contributed by atoms with van der Waals surface area (Å²) in [7, 11) is 0. The van der Waals surface area contributed by atoms with Crippen molar-refractivity contribution in [2.24, 2.45) is 0 Å². The number of hydrogen-bond donors (Lipinski definition) is 1. The summed E-state index contributed by atoms with van der Waals surface area (Å²) < 4.78 is 5.46. The molecule has 1 aliphatic heterocycles. The van der Waals surface area contributed by atoms with E-state index in [1.807, 2.05) is 6.07 Å². The first-order valence-corrected chi connectivity index (χ1v) is 3.73. The standard InChI is InChI=1S/C8H11NO/c1-2-7-3-4-8(10-7)6-9-5-1/h3-4,9H,1-2,5-6H2. The van der Waals surface area contributed by atoms with Gasteiger partial charge in [0.15, 0.2) is 0 Å². The van der Waals surface area contributed by atoms with E-state index >= 15 is 0 Å². The van der Waals surface area contributed by atoms with E-state index in [1.54, 1.807) is 0 Å². The first kappa shape index (κ1) is 5.98. The van der Waals surface area contributed by atoms with Crippen LogP contribution in [0.4, 0.5) is 0 Å². The van der Waals surface area contributed by atoms with Gasteiger partial charge in [0.1, 0.15) is 11.5 Å². The number of nitrogens with one attached hydrogen (secondary N) is 1. The molecule has 2 heteroatoms. The van der Waals surface area contributed by atoms with Crippen molar-refractivity contribution in [3.05, 3.63) is 23.7 Å². The van der Waals surface area contributed by atoms with Crippen molar-refractivity contribution in [1.29, 1.82) is 0 Å². The van der Waals surface area contributed by atoms with Crippen molar-refractivity contribution in [2.45, 2.75) is 19.4 Å². The quantitative estimate of drug-likeness (QED) is 0.583. The fourth-order valence-corrected chi connectivity index (χ4v) is 1.25. The Kier molecular flexibility index (Phi) is 1.47. The predicted octanol–water partition coefficient (Wildman–Crippen LogP) is 1.32. The van der Waals surface area contributed by atoms with Gasteiger partial charge in [0.25, 0.3) is 0 Å². The lowest BCUT2D eigenvalue weighted by Crippen LogP contribution is -2.15. The average Bonchev–Trinajstić information content (AvgIpc) is 2.30. The lowest BCUT2D eigenvalue weighted by atomic mass is 10.2. The van der Waals surface area contributed by atoms with Gasteiger partial charge in [-0.1, -0.05) is 0 Å². The van der Waals surface area contributed by atoms with Crippen molar-refractivity contribution in [2.75, 3.05) is 6.54 Å². The van der Waals surface area contributed by atoms with Crippen molar-refractivity contribution in [1.82, 2.24) is 5.32 Å². The highest BCUT2D eigenvalue weighted by Crippen LogP contribution is 2.11. The number of fused-ring (bicyclic) bond motifs is 2. The largest absolute Gasteiger partial charge is 0.465 e. The summed E-state index contributed by atoms with van der Waals surface area (Å²) in [6.07, 6.45) is 2.26. The summed E-state index contributed by atoms with van der Waals surface area (Å²) in [6, 6.07) is 4.12. The molecule has 0 amide bonds. The summed E-state index contributed by atoms with van der Waals surface area (Å²) >= 11 is 0. The van der Waals surface area contributed by atoms with Crippen LogP contribution in [0.2, 0.25) is 0 Å². The molecule has 0 unspecified atom stereocenters. The first-order chi connectivity index (χ1) is 4.95. The minimum atomic E-state index is 0.889. The van der Waals surface area contributed by atoms with Crippen LogP contribution in [0.5, 0.6) is 0 Å². The van der Waals surface area contributed by atoms with Crippen LogP contribution in [0.1, 0.15) is 17.9 Å². The number of furan rings is 1. The van der Waals surface area contributed by atoms with Gasteiger partial charge in [-0.05, 0) is 25.1 Å². The molecule has 2 heterocycles. The topological polar surface area (TPSA) is 25.2 Å². The van der Waals surface area contributed by atoms with Crippen LogP contribution in [0, 0.1) is 0 Å². The van der Waals surface area contributed by atoms with Crippen molar-refractivity contribution in [3.63, 3.8) is 0 Å². The maximum atomic E-state index is 5.46. The molecule has 1 N–H and O–H groups in total. The van der Waals surface area contributed by atoms with Gasteiger partial charge in [0, 0.05) is 6.42 Å². The maximum absolute atomic E-state index is 5.46. The molecule has 2 nitrogen and oxygen atoms in total. The number of rotatable bonds is 0. The van der Waals surface area contributed by atoms with Crippen LogP contribution in [0.25, 0.3) is 0 Å². The summed E-state index contributed by atoms with van der Waals surface area (Å²) in [5, 5.41) is 3.29. The highest BCUT2D eigenvalue weighted by Gasteiger charge is 2.04. The minimum absolute atomic E-state index is 0.889. The van der Waals surface area contributed by atoms with Gasteiger partial charge in [0.2, 0.25) is 0 Å². The van der Waals surface area contributed by atoms with Crippen LogP contribution in [-0.4, -0.2) is 6.54 Å².